The zero-order valence-electron chi connectivity index (χ0n) is 8.90. The summed E-state index contributed by atoms with van der Waals surface area (Å²) in [5.74, 6) is 0. The molecule has 0 aromatic carbocycles. The normalized spacial score (nSPS) is 34.9. The van der Waals surface area contributed by atoms with Crippen LogP contribution in [0.5, 0.6) is 0 Å². The number of halogens is 1. The first-order valence-electron chi connectivity index (χ1n) is 5.91. The zero-order chi connectivity index (χ0) is 9.86. The molecule has 0 spiro atoms. The standard InChI is InChI=1S/C11H21FN2/c12-11(4-3-6-13-10-11)5-9-14-7-1-2-8-14/h13H,1-10H2. The molecule has 0 bridgehead atoms. The maximum atomic E-state index is 14.1. The largest absolute Gasteiger partial charge is 0.314 e. The summed E-state index contributed by atoms with van der Waals surface area (Å²) in [5, 5.41) is 3.16. The first kappa shape index (κ1) is 10.4. The minimum absolute atomic E-state index is 0.570. The molecule has 1 N–H and O–H groups in total. The number of nitrogens with one attached hydrogen (secondary N) is 1. The van der Waals surface area contributed by atoms with Gasteiger partial charge in [0.15, 0.2) is 0 Å². The molecule has 82 valence electrons. The van der Waals surface area contributed by atoms with Crippen molar-refractivity contribution in [2.24, 2.45) is 0 Å². The summed E-state index contributed by atoms with van der Waals surface area (Å²) < 4.78 is 14.1. The summed E-state index contributed by atoms with van der Waals surface area (Å²) in [6.07, 6.45) is 5.08. The molecule has 2 aliphatic heterocycles. The van der Waals surface area contributed by atoms with Gasteiger partial charge in [-0.3, -0.25) is 0 Å². The van der Waals surface area contributed by atoms with E-state index in [1.165, 1.54) is 25.9 Å². The van der Waals surface area contributed by atoms with Gasteiger partial charge in [0, 0.05) is 13.1 Å². The highest BCUT2D eigenvalue weighted by Gasteiger charge is 2.31. The maximum Gasteiger partial charge on any atom is 0.124 e. The van der Waals surface area contributed by atoms with Crippen molar-refractivity contribution in [2.75, 3.05) is 32.7 Å². The molecule has 0 aromatic heterocycles. The van der Waals surface area contributed by atoms with Crippen molar-refractivity contribution >= 4 is 0 Å². The molecule has 3 heteroatoms. The van der Waals surface area contributed by atoms with E-state index in [1.54, 1.807) is 0 Å². The van der Waals surface area contributed by atoms with Gasteiger partial charge in [-0.1, -0.05) is 0 Å². The molecule has 2 fully saturated rings. The smallest absolute Gasteiger partial charge is 0.124 e. The number of rotatable bonds is 3. The van der Waals surface area contributed by atoms with Crippen molar-refractivity contribution < 1.29 is 4.39 Å². The molecule has 2 saturated heterocycles. The Morgan fingerprint density at radius 3 is 2.64 bits per heavy atom. The lowest BCUT2D eigenvalue weighted by molar-refractivity contribution is 0.0969. The quantitative estimate of drug-likeness (QED) is 0.744. The van der Waals surface area contributed by atoms with Gasteiger partial charge in [0.2, 0.25) is 0 Å². The van der Waals surface area contributed by atoms with Crippen LogP contribution >= 0.6 is 0 Å². The Morgan fingerprint density at radius 1 is 1.21 bits per heavy atom. The summed E-state index contributed by atoms with van der Waals surface area (Å²) in [7, 11) is 0. The van der Waals surface area contributed by atoms with Crippen molar-refractivity contribution in [3.63, 3.8) is 0 Å². The molecular formula is C11H21FN2. The number of likely N-dealkylation sites (tertiary alicyclic amines) is 1. The summed E-state index contributed by atoms with van der Waals surface area (Å²) in [4.78, 5) is 2.40. The van der Waals surface area contributed by atoms with Crippen LogP contribution in [-0.4, -0.2) is 43.3 Å². The third-order valence-electron chi connectivity index (χ3n) is 3.49. The first-order chi connectivity index (χ1) is 6.79. The van der Waals surface area contributed by atoms with Gasteiger partial charge in [-0.05, 0) is 51.7 Å². The Kier molecular flexibility index (Phi) is 3.39. The molecule has 2 rings (SSSR count). The minimum atomic E-state index is -0.916. The lowest BCUT2D eigenvalue weighted by atomic mass is 9.92. The predicted molar refractivity (Wildman–Crippen MR) is 56.2 cm³/mol. The minimum Gasteiger partial charge on any atom is -0.314 e. The summed E-state index contributed by atoms with van der Waals surface area (Å²) in [5.41, 5.74) is -0.916. The Bertz CT molecular complexity index is 172. The van der Waals surface area contributed by atoms with Crippen LogP contribution in [0.1, 0.15) is 32.1 Å². The Labute approximate surface area is 85.9 Å². The highest BCUT2D eigenvalue weighted by Crippen LogP contribution is 2.25. The van der Waals surface area contributed by atoms with E-state index >= 15 is 0 Å². The van der Waals surface area contributed by atoms with Crippen LogP contribution in [0.25, 0.3) is 0 Å². The SMILES string of the molecule is FC1(CCN2CCCC2)CCCNC1. The highest BCUT2D eigenvalue weighted by molar-refractivity contribution is 4.87. The van der Waals surface area contributed by atoms with E-state index in [0.29, 0.717) is 6.54 Å². The van der Waals surface area contributed by atoms with E-state index in [1.807, 2.05) is 0 Å². The Morgan fingerprint density at radius 2 is 2.00 bits per heavy atom. The molecule has 0 aromatic rings. The van der Waals surface area contributed by atoms with Crippen LogP contribution in [0.15, 0.2) is 0 Å². The topological polar surface area (TPSA) is 15.3 Å². The maximum absolute atomic E-state index is 14.1. The number of hydrogen-bond acceptors (Lipinski definition) is 2. The van der Waals surface area contributed by atoms with Gasteiger partial charge in [0.25, 0.3) is 0 Å². The van der Waals surface area contributed by atoms with E-state index < -0.39 is 5.67 Å². The van der Waals surface area contributed by atoms with Crippen LogP contribution in [-0.2, 0) is 0 Å². The molecule has 1 atom stereocenters. The zero-order valence-corrected chi connectivity index (χ0v) is 8.90. The van der Waals surface area contributed by atoms with Crippen LogP contribution < -0.4 is 5.32 Å². The van der Waals surface area contributed by atoms with Crippen molar-refractivity contribution in [1.29, 1.82) is 0 Å². The Balaban J connectivity index is 1.72. The number of piperidine rings is 1. The fraction of sp³-hybridized carbons (Fsp3) is 1.00. The highest BCUT2D eigenvalue weighted by atomic mass is 19.1. The van der Waals surface area contributed by atoms with Gasteiger partial charge >= 0.3 is 0 Å². The molecule has 2 aliphatic rings. The van der Waals surface area contributed by atoms with Gasteiger partial charge < -0.3 is 10.2 Å². The van der Waals surface area contributed by atoms with E-state index in [9.17, 15) is 4.39 Å². The molecule has 2 nitrogen and oxygen atoms in total. The van der Waals surface area contributed by atoms with Crippen LogP contribution in [0.3, 0.4) is 0 Å². The summed E-state index contributed by atoms with van der Waals surface area (Å²) >= 11 is 0. The summed E-state index contributed by atoms with van der Waals surface area (Å²) in [6.45, 7) is 4.89. The fourth-order valence-electron chi connectivity index (χ4n) is 2.51. The van der Waals surface area contributed by atoms with Crippen LogP contribution in [0.2, 0.25) is 0 Å². The van der Waals surface area contributed by atoms with Gasteiger partial charge in [-0.25, -0.2) is 4.39 Å². The lowest BCUT2D eigenvalue weighted by Crippen LogP contribution is -2.44. The van der Waals surface area contributed by atoms with Gasteiger partial charge in [0.1, 0.15) is 5.67 Å². The van der Waals surface area contributed by atoms with E-state index in [4.69, 9.17) is 0 Å². The fourth-order valence-corrected chi connectivity index (χ4v) is 2.51. The van der Waals surface area contributed by atoms with Crippen LogP contribution in [0, 0.1) is 0 Å². The van der Waals surface area contributed by atoms with Crippen molar-refractivity contribution in [3.8, 4) is 0 Å². The third-order valence-corrected chi connectivity index (χ3v) is 3.49. The molecule has 1 unspecified atom stereocenters. The molecule has 0 saturated carbocycles. The molecule has 0 radical (unpaired) electrons. The molecule has 0 amide bonds. The van der Waals surface area contributed by atoms with Gasteiger partial charge in [0.05, 0.1) is 0 Å². The molecule has 0 aliphatic carbocycles. The number of nitrogens with zero attached hydrogens (tertiary/aromatic N) is 1. The second-order valence-corrected chi connectivity index (χ2v) is 4.73. The molecular weight excluding hydrogens is 179 g/mol. The molecule has 14 heavy (non-hydrogen) atoms. The third kappa shape index (κ3) is 2.67. The van der Waals surface area contributed by atoms with E-state index in [-0.39, 0.29) is 0 Å². The average molecular weight is 200 g/mol. The second-order valence-electron chi connectivity index (χ2n) is 4.73. The van der Waals surface area contributed by atoms with E-state index in [0.717, 1.165) is 32.4 Å². The van der Waals surface area contributed by atoms with Crippen LogP contribution in [0.4, 0.5) is 4.39 Å². The van der Waals surface area contributed by atoms with Crippen molar-refractivity contribution in [2.45, 2.75) is 37.8 Å². The number of hydrogen-bond donors (Lipinski definition) is 1. The van der Waals surface area contributed by atoms with Gasteiger partial charge in [-0.15, -0.1) is 0 Å². The van der Waals surface area contributed by atoms with Crippen molar-refractivity contribution in [3.05, 3.63) is 0 Å². The second kappa shape index (κ2) is 4.58. The monoisotopic (exact) mass is 200 g/mol. The predicted octanol–water partition coefficient (Wildman–Crippen LogP) is 1.56. The molecule has 2 heterocycles. The van der Waals surface area contributed by atoms with Gasteiger partial charge in [-0.2, -0.15) is 0 Å². The van der Waals surface area contributed by atoms with Crippen molar-refractivity contribution in [1.82, 2.24) is 10.2 Å². The first-order valence-corrected chi connectivity index (χ1v) is 5.91. The summed E-state index contributed by atoms with van der Waals surface area (Å²) in [6, 6.07) is 0. The number of alkyl halides is 1. The average Bonchev–Trinajstić information content (AvgIpc) is 2.69. The van der Waals surface area contributed by atoms with E-state index in [2.05, 4.69) is 10.2 Å². The Hall–Kier alpha value is -0.150. The lowest BCUT2D eigenvalue weighted by Gasteiger charge is -2.31.